The van der Waals surface area contributed by atoms with Crippen molar-refractivity contribution in [3.05, 3.63) is 58.6 Å². The van der Waals surface area contributed by atoms with Crippen LogP contribution in [-0.2, 0) is 0 Å². The van der Waals surface area contributed by atoms with Gasteiger partial charge in [0.15, 0.2) is 11.6 Å². The third-order valence-corrected chi connectivity index (χ3v) is 2.96. The number of hydrogen-bond acceptors (Lipinski definition) is 2. The number of benzene rings is 2. The Hall–Kier alpha value is -1.62. The first-order chi connectivity index (χ1) is 9.15. The summed E-state index contributed by atoms with van der Waals surface area (Å²) in [5, 5.41) is 3.15. The van der Waals surface area contributed by atoms with Gasteiger partial charge in [0.05, 0.1) is 0 Å². The molecule has 2 aromatic carbocycles. The monoisotopic (exact) mass is 327 g/mol. The maximum absolute atomic E-state index is 12.9. The van der Waals surface area contributed by atoms with Crippen molar-refractivity contribution in [3.63, 3.8) is 0 Å². The van der Waals surface area contributed by atoms with E-state index in [-0.39, 0.29) is 0 Å². The molecule has 0 amide bonds. The van der Waals surface area contributed by atoms with E-state index in [0.29, 0.717) is 18.9 Å². The van der Waals surface area contributed by atoms with Crippen LogP contribution < -0.4 is 10.1 Å². The quantitative estimate of drug-likeness (QED) is 0.830. The van der Waals surface area contributed by atoms with Gasteiger partial charge in [-0.15, -0.1) is 0 Å². The SMILES string of the molecule is Fc1ccc(OCCNc2ccc(Br)cc2)cc1F. The first-order valence-corrected chi connectivity index (χ1v) is 6.52. The van der Waals surface area contributed by atoms with Gasteiger partial charge in [0.25, 0.3) is 0 Å². The molecule has 5 heteroatoms. The Morgan fingerprint density at radius 1 is 1.00 bits per heavy atom. The van der Waals surface area contributed by atoms with Crippen molar-refractivity contribution in [1.82, 2.24) is 0 Å². The third-order valence-electron chi connectivity index (χ3n) is 2.44. The normalized spacial score (nSPS) is 10.3. The summed E-state index contributed by atoms with van der Waals surface area (Å²) in [5.74, 6) is -1.46. The van der Waals surface area contributed by atoms with Crippen LogP contribution in [0.5, 0.6) is 5.75 Å². The highest BCUT2D eigenvalue weighted by Gasteiger charge is 2.02. The molecule has 0 atom stereocenters. The predicted molar refractivity (Wildman–Crippen MR) is 74.5 cm³/mol. The van der Waals surface area contributed by atoms with Gasteiger partial charge in [0.1, 0.15) is 12.4 Å². The molecule has 0 saturated carbocycles. The molecule has 0 aliphatic heterocycles. The molecule has 0 fully saturated rings. The molecule has 0 radical (unpaired) electrons. The van der Waals surface area contributed by atoms with Gasteiger partial charge in [-0.3, -0.25) is 0 Å². The molecule has 2 aromatic rings. The molecule has 0 bridgehead atoms. The molecule has 1 N–H and O–H groups in total. The summed E-state index contributed by atoms with van der Waals surface area (Å²) in [5.41, 5.74) is 0.970. The van der Waals surface area contributed by atoms with Crippen LogP contribution in [0.3, 0.4) is 0 Å². The number of rotatable bonds is 5. The smallest absolute Gasteiger partial charge is 0.162 e. The number of anilines is 1. The molecular formula is C14H12BrF2NO. The van der Waals surface area contributed by atoms with Crippen LogP contribution in [0.1, 0.15) is 0 Å². The Morgan fingerprint density at radius 2 is 1.74 bits per heavy atom. The van der Waals surface area contributed by atoms with Crippen molar-refractivity contribution in [2.24, 2.45) is 0 Å². The van der Waals surface area contributed by atoms with Crippen LogP contribution in [0.15, 0.2) is 46.9 Å². The molecule has 19 heavy (non-hydrogen) atoms. The Balaban J connectivity index is 1.77. The second kappa shape index (κ2) is 6.52. The summed E-state index contributed by atoms with van der Waals surface area (Å²) >= 11 is 3.35. The lowest BCUT2D eigenvalue weighted by Gasteiger charge is -2.09. The molecule has 0 spiro atoms. The summed E-state index contributed by atoms with van der Waals surface area (Å²) < 4.78 is 31.9. The second-order valence-corrected chi connectivity index (χ2v) is 4.77. The lowest BCUT2D eigenvalue weighted by atomic mass is 10.3. The fraction of sp³-hybridized carbons (Fsp3) is 0.143. The summed E-state index contributed by atoms with van der Waals surface area (Å²) in [4.78, 5) is 0. The van der Waals surface area contributed by atoms with Crippen molar-refractivity contribution in [1.29, 1.82) is 0 Å². The van der Waals surface area contributed by atoms with Gasteiger partial charge in [0, 0.05) is 22.8 Å². The minimum absolute atomic E-state index is 0.316. The maximum Gasteiger partial charge on any atom is 0.162 e. The summed E-state index contributed by atoms with van der Waals surface area (Å²) in [7, 11) is 0. The third kappa shape index (κ3) is 4.21. The fourth-order valence-electron chi connectivity index (χ4n) is 1.50. The molecule has 0 saturated heterocycles. The van der Waals surface area contributed by atoms with Gasteiger partial charge < -0.3 is 10.1 Å². The highest BCUT2D eigenvalue weighted by atomic mass is 79.9. The van der Waals surface area contributed by atoms with E-state index >= 15 is 0 Å². The largest absolute Gasteiger partial charge is 0.492 e. The molecule has 100 valence electrons. The maximum atomic E-state index is 12.9. The number of hydrogen-bond donors (Lipinski definition) is 1. The van der Waals surface area contributed by atoms with Crippen molar-refractivity contribution in [2.45, 2.75) is 0 Å². The zero-order valence-corrected chi connectivity index (χ0v) is 11.6. The summed E-state index contributed by atoms with van der Waals surface area (Å²) in [6.07, 6.45) is 0. The van der Waals surface area contributed by atoms with E-state index in [1.807, 2.05) is 24.3 Å². The molecule has 2 rings (SSSR count). The molecule has 0 aromatic heterocycles. The van der Waals surface area contributed by atoms with Crippen molar-refractivity contribution in [3.8, 4) is 5.75 Å². The average molecular weight is 328 g/mol. The second-order valence-electron chi connectivity index (χ2n) is 3.86. The van der Waals surface area contributed by atoms with Crippen LogP contribution in [0.4, 0.5) is 14.5 Å². The Morgan fingerprint density at radius 3 is 2.42 bits per heavy atom. The molecule has 0 aliphatic carbocycles. The zero-order chi connectivity index (χ0) is 13.7. The van der Waals surface area contributed by atoms with E-state index in [1.165, 1.54) is 6.07 Å². The highest BCUT2D eigenvalue weighted by Crippen LogP contribution is 2.16. The summed E-state index contributed by atoms with van der Waals surface area (Å²) in [6.45, 7) is 0.932. The van der Waals surface area contributed by atoms with E-state index in [4.69, 9.17) is 4.74 Å². The summed E-state index contributed by atoms with van der Waals surface area (Å²) in [6, 6.07) is 11.2. The van der Waals surface area contributed by atoms with Gasteiger partial charge >= 0.3 is 0 Å². The minimum Gasteiger partial charge on any atom is -0.492 e. The minimum atomic E-state index is -0.904. The van der Waals surface area contributed by atoms with Crippen molar-refractivity contribution in [2.75, 3.05) is 18.5 Å². The highest BCUT2D eigenvalue weighted by molar-refractivity contribution is 9.10. The van der Waals surface area contributed by atoms with E-state index in [1.54, 1.807) is 0 Å². The first-order valence-electron chi connectivity index (χ1n) is 5.72. The van der Waals surface area contributed by atoms with E-state index < -0.39 is 11.6 Å². The molecule has 0 unspecified atom stereocenters. The Kier molecular flexibility index (Phi) is 4.74. The Labute approximate surface area is 118 Å². The van der Waals surface area contributed by atoms with E-state index in [9.17, 15) is 8.78 Å². The van der Waals surface area contributed by atoms with Crippen LogP contribution in [-0.4, -0.2) is 13.2 Å². The van der Waals surface area contributed by atoms with Crippen LogP contribution in [0.2, 0.25) is 0 Å². The van der Waals surface area contributed by atoms with Crippen LogP contribution >= 0.6 is 15.9 Å². The van der Waals surface area contributed by atoms with Crippen molar-refractivity contribution < 1.29 is 13.5 Å². The number of ether oxygens (including phenoxy) is 1. The lowest BCUT2D eigenvalue weighted by Crippen LogP contribution is -2.11. The lowest BCUT2D eigenvalue weighted by molar-refractivity contribution is 0.329. The van der Waals surface area contributed by atoms with E-state index in [2.05, 4.69) is 21.2 Å². The Bertz CT molecular complexity index is 546. The molecule has 2 nitrogen and oxygen atoms in total. The van der Waals surface area contributed by atoms with E-state index in [0.717, 1.165) is 22.3 Å². The average Bonchev–Trinajstić information content (AvgIpc) is 2.41. The number of nitrogens with one attached hydrogen (secondary N) is 1. The van der Waals surface area contributed by atoms with Crippen LogP contribution in [0, 0.1) is 11.6 Å². The van der Waals surface area contributed by atoms with Gasteiger partial charge in [0.2, 0.25) is 0 Å². The van der Waals surface area contributed by atoms with Gasteiger partial charge in [-0.1, -0.05) is 15.9 Å². The standard InChI is InChI=1S/C14H12BrF2NO/c15-10-1-3-11(4-2-10)18-7-8-19-12-5-6-13(16)14(17)9-12/h1-6,9,18H,7-8H2. The number of halogens is 3. The molecule has 0 heterocycles. The zero-order valence-electron chi connectivity index (χ0n) is 10.00. The molecular weight excluding hydrogens is 316 g/mol. The van der Waals surface area contributed by atoms with Crippen molar-refractivity contribution >= 4 is 21.6 Å². The first kappa shape index (κ1) is 13.8. The topological polar surface area (TPSA) is 21.3 Å². The van der Waals surface area contributed by atoms with Gasteiger partial charge in [-0.25, -0.2) is 8.78 Å². The predicted octanol–water partition coefficient (Wildman–Crippen LogP) is 4.22. The fourth-order valence-corrected chi connectivity index (χ4v) is 1.76. The van der Waals surface area contributed by atoms with Gasteiger partial charge in [-0.05, 0) is 36.4 Å². The van der Waals surface area contributed by atoms with Gasteiger partial charge in [-0.2, -0.15) is 0 Å². The van der Waals surface area contributed by atoms with Crippen LogP contribution in [0.25, 0.3) is 0 Å². The molecule has 0 aliphatic rings.